The number of hydrogen-bond acceptors (Lipinski definition) is 8. The lowest BCUT2D eigenvalue weighted by Crippen LogP contribution is -2.44. The second-order valence-electron chi connectivity index (χ2n) is 7.54. The van der Waals surface area contributed by atoms with Crippen LogP contribution in [0.5, 0.6) is 11.5 Å². The highest BCUT2D eigenvalue weighted by Gasteiger charge is 2.37. The van der Waals surface area contributed by atoms with Gasteiger partial charge in [-0.05, 0) is 24.3 Å². The maximum absolute atomic E-state index is 12.6. The summed E-state index contributed by atoms with van der Waals surface area (Å²) in [7, 11) is 2.87. The number of halogens is 1. The van der Waals surface area contributed by atoms with Crippen molar-refractivity contribution in [1.82, 2.24) is 21.3 Å². The Labute approximate surface area is 210 Å². The third-order valence-corrected chi connectivity index (χ3v) is 5.42. The summed E-state index contributed by atoms with van der Waals surface area (Å²) in [5, 5.41) is 1.20. The van der Waals surface area contributed by atoms with Crippen molar-refractivity contribution < 1.29 is 38.2 Å². The number of benzene rings is 2. The standard InChI is InChI=1S/C23H23ClN4O8/c1-34-15-7-13(8-16(10-15)35-2)21(31)27-28-11-14(9-20(28)30)23(33)36-12-19(29)25-26-22(32)17-5-3-4-6-18(17)24/h3-8,10,14H,9,11-12H2,1-2H3,(H,25,29)(H,26,32)(H,27,31)/t14-/m1/s1. The molecule has 12 nitrogen and oxygen atoms in total. The van der Waals surface area contributed by atoms with Crippen LogP contribution in [-0.2, 0) is 19.1 Å². The first-order valence-corrected chi connectivity index (χ1v) is 10.9. The number of rotatable bonds is 8. The maximum atomic E-state index is 12.6. The molecule has 0 aliphatic carbocycles. The van der Waals surface area contributed by atoms with Crippen molar-refractivity contribution in [2.75, 3.05) is 27.4 Å². The predicted molar refractivity (Wildman–Crippen MR) is 125 cm³/mol. The Kier molecular flexibility index (Phi) is 8.68. The molecule has 0 bridgehead atoms. The number of carbonyl (C=O) groups excluding carboxylic acids is 5. The van der Waals surface area contributed by atoms with Crippen LogP contribution in [0.4, 0.5) is 0 Å². The maximum Gasteiger partial charge on any atom is 0.311 e. The topological polar surface area (TPSA) is 152 Å². The fourth-order valence-corrected chi connectivity index (χ4v) is 3.45. The van der Waals surface area contributed by atoms with E-state index in [4.69, 9.17) is 25.8 Å². The molecule has 13 heteroatoms. The molecule has 1 saturated heterocycles. The molecule has 190 valence electrons. The van der Waals surface area contributed by atoms with Gasteiger partial charge < -0.3 is 14.2 Å². The van der Waals surface area contributed by atoms with E-state index in [2.05, 4.69) is 16.3 Å². The van der Waals surface area contributed by atoms with Crippen LogP contribution in [0.1, 0.15) is 27.1 Å². The van der Waals surface area contributed by atoms with Gasteiger partial charge in [-0.15, -0.1) is 0 Å². The number of hydrogen-bond donors (Lipinski definition) is 3. The Balaban J connectivity index is 1.47. The van der Waals surface area contributed by atoms with Gasteiger partial charge in [0.25, 0.3) is 17.7 Å². The highest BCUT2D eigenvalue weighted by atomic mass is 35.5. The third-order valence-electron chi connectivity index (χ3n) is 5.09. The van der Waals surface area contributed by atoms with Gasteiger partial charge in [0, 0.05) is 18.1 Å². The summed E-state index contributed by atoms with van der Waals surface area (Å²) in [6.45, 7) is -0.836. The SMILES string of the molecule is COc1cc(OC)cc(C(=O)NN2C[C@H](C(=O)OCC(=O)NNC(=O)c3ccccc3Cl)CC2=O)c1. The van der Waals surface area contributed by atoms with Gasteiger partial charge in [-0.1, -0.05) is 23.7 Å². The number of ether oxygens (including phenoxy) is 3. The Bertz CT molecular complexity index is 1170. The molecule has 0 radical (unpaired) electrons. The van der Waals surface area contributed by atoms with E-state index < -0.39 is 42.1 Å². The minimum Gasteiger partial charge on any atom is -0.497 e. The van der Waals surface area contributed by atoms with Crippen molar-refractivity contribution in [3.05, 3.63) is 58.6 Å². The zero-order chi connectivity index (χ0) is 26.2. The normalized spacial score (nSPS) is 14.6. The van der Waals surface area contributed by atoms with Crippen molar-refractivity contribution in [2.24, 2.45) is 5.92 Å². The second-order valence-corrected chi connectivity index (χ2v) is 7.94. The van der Waals surface area contributed by atoms with Crippen molar-refractivity contribution in [3.8, 4) is 11.5 Å². The molecule has 2 aromatic rings. The van der Waals surface area contributed by atoms with Gasteiger partial charge >= 0.3 is 5.97 Å². The minimum atomic E-state index is -0.900. The minimum absolute atomic E-state index is 0.143. The molecular weight excluding hydrogens is 496 g/mol. The summed E-state index contributed by atoms with van der Waals surface area (Å²) in [5.74, 6) is -3.50. The number of methoxy groups -OCH3 is 2. The van der Waals surface area contributed by atoms with E-state index in [1.54, 1.807) is 18.2 Å². The smallest absolute Gasteiger partial charge is 0.311 e. The van der Waals surface area contributed by atoms with Crippen molar-refractivity contribution >= 4 is 41.2 Å². The van der Waals surface area contributed by atoms with Crippen LogP contribution in [0.15, 0.2) is 42.5 Å². The first-order valence-electron chi connectivity index (χ1n) is 10.6. The molecule has 0 saturated carbocycles. The summed E-state index contributed by atoms with van der Waals surface area (Å²) in [4.78, 5) is 61.2. The molecular formula is C23H23ClN4O8. The average molecular weight is 519 g/mol. The summed E-state index contributed by atoms with van der Waals surface area (Å²) in [5.41, 5.74) is 7.03. The number of hydrazine groups is 2. The van der Waals surface area contributed by atoms with Gasteiger partial charge in [0.2, 0.25) is 5.91 Å². The van der Waals surface area contributed by atoms with Gasteiger partial charge in [-0.2, -0.15) is 0 Å². The van der Waals surface area contributed by atoms with Gasteiger partial charge in [-0.25, -0.2) is 0 Å². The molecule has 1 aliphatic rings. The molecule has 0 aromatic heterocycles. The first-order chi connectivity index (χ1) is 17.2. The molecule has 4 amide bonds. The lowest BCUT2D eigenvalue weighted by atomic mass is 10.1. The lowest BCUT2D eigenvalue weighted by Gasteiger charge is -2.18. The monoisotopic (exact) mass is 518 g/mol. The van der Waals surface area contributed by atoms with Crippen molar-refractivity contribution in [3.63, 3.8) is 0 Å². The van der Waals surface area contributed by atoms with Gasteiger partial charge in [-0.3, -0.25) is 45.3 Å². The molecule has 1 fully saturated rings. The summed E-state index contributed by atoms with van der Waals surface area (Å²) in [6.07, 6.45) is -0.217. The van der Waals surface area contributed by atoms with E-state index in [-0.39, 0.29) is 29.1 Å². The van der Waals surface area contributed by atoms with Gasteiger partial charge in [0.15, 0.2) is 6.61 Å². The molecule has 3 rings (SSSR count). The van der Waals surface area contributed by atoms with Crippen LogP contribution in [0, 0.1) is 5.92 Å². The summed E-state index contributed by atoms with van der Waals surface area (Å²) in [6, 6.07) is 10.8. The van der Waals surface area contributed by atoms with Gasteiger partial charge in [0.1, 0.15) is 11.5 Å². The van der Waals surface area contributed by atoms with E-state index in [1.807, 2.05) is 0 Å². The molecule has 0 spiro atoms. The molecule has 1 heterocycles. The Morgan fingerprint density at radius 2 is 1.67 bits per heavy atom. The quantitative estimate of drug-likeness (QED) is 0.343. The van der Waals surface area contributed by atoms with Crippen LogP contribution >= 0.6 is 11.6 Å². The van der Waals surface area contributed by atoms with E-state index in [0.717, 1.165) is 5.01 Å². The van der Waals surface area contributed by atoms with Crippen molar-refractivity contribution in [1.29, 1.82) is 0 Å². The molecule has 3 N–H and O–H groups in total. The predicted octanol–water partition coefficient (Wildman–Crippen LogP) is 0.855. The largest absolute Gasteiger partial charge is 0.497 e. The number of nitrogens with one attached hydrogen (secondary N) is 3. The average Bonchev–Trinajstić information content (AvgIpc) is 3.25. The highest BCUT2D eigenvalue weighted by molar-refractivity contribution is 6.33. The number of esters is 1. The van der Waals surface area contributed by atoms with Crippen LogP contribution in [0.2, 0.25) is 5.02 Å². The van der Waals surface area contributed by atoms with E-state index in [9.17, 15) is 24.0 Å². The number of carbonyl (C=O) groups is 5. The lowest BCUT2D eigenvalue weighted by molar-refractivity contribution is -0.152. The highest BCUT2D eigenvalue weighted by Crippen LogP contribution is 2.23. The third kappa shape index (κ3) is 6.63. The zero-order valence-corrected chi connectivity index (χ0v) is 20.1. The fourth-order valence-electron chi connectivity index (χ4n) is 3.23. The van der Waals surface area contributed by atoms with Gasteiger partial charge in [0.05, 0.1) is 37.3 Å². The van der Waals surface area contributed by atoms with Crippen LogP contribution in [0.3, 0.4) is 0 Å². The molecule has 1 aliphatic heterocycles. The Morgan fingerprint density at radius 3 is 2.31 bits per heavy atom. The molecule has 36 heavy (non-hydrogen) atoms. The van der Waals surface area contributed by atoms with E-state index in [0.29, 0.717) is 11.5 Å². The van der Waals surface area contributed by atoms with E-state index >= 15 is 0 Å². The van der Waals surface area contributed by atoms with Crippen molar-refractivity contribution in [2.45, 2.75) is 6.42 Å². The number of nitrogens with zero attached hydrogens (tertiary/aromatic N) is 1. The zero-order valence-electron chi connectivity index (χ0n) is 19.3. The molecule has 2 aromatic carbocycles. The second kappa shape index (κ2) is 11.9. The molecule has 1 atom stereocenters. The fraction of sp³-hybridized carbons (Fsp3) is 0.261. The Hall–Kier alpha value is -4.32. The van der Waals surface area contributed by atoms with E-state index in [1.165, 1.54) is 38.5 Å². The Morgan fingerprint density at radius 1 is 1.00 bits per heavy atom. The summed E-state index contributed by atoms with van der Waals surface area (Å²) < 4.78 is 15.2. The van der Waals surface area contributed by atoms with Crippen LogP contribution < -0.4 is 25.8 Å². The summed E-state index contributed by atoms with van der Waals surface area (Å²) >= 11 is 5.92. The van der Waals surface area contributed by atoms with Crippen LogP contribution in [-0.4, -0.2) is 62.0 Å². The first kappa shape index (κ1) is 26.3. The van der Waals surface area contributed by atoms with Crippen LogP contribution in [0.25, 0.3) is 0 Å². The number of amides is 4. The molecule has 0 unspecified atom stereocenters.